The fourth-order valence-corrected chi connectivity index (χ4v) is 9.26. The lowest BCUT2D eigenvalue weighted by Gasteiger charge is -2.61. The van der Waals surface area contributed by atoms with Crippen LogP contribution >= 0.6 is 0 Å². The smallest absolute Gasteiger partial charge is 0.231 e. The number of piperazine rings is 1. The molecule has 5 rings (SSSR count). The van der Waals surface area contributed by atoms with Gasteiger partial charge in [0.05, 0.1) is 12.6 Å². The largest absolute Gasteiger partial charge is 0.393 e. The molecule has 4 saturated carbocycles. The monoisotopic (exact) mass is 417 g/mol. The van der Waals surface area contributed by atoms with Crippen LogP contribution in [0.25, 0.3) is 0 Å². The number of nitrogens with two attached hydrogens (primary N) is 1. The second kappa shape index (κ2) is 7.74. The van der Waals surface area contributed by atoms with Gasteiger partial charge >= 0.3 is 0 Å². The van der Waals surface area contributed by atoms with Crippen LogP contribution in [0, 0.1) is 34.5 Å². The minimum Gasteiger partial charge on any atom is -0.393 e. The highest BCUT2D eigenvalue weighted by molar-refractivity contribution is 5.75. The van der Waals surface area contributed by atoms with Crippen LogP contribution in [0.2, 0.25) is 0 Å². The lowest BCUT2D eigenvalue weighted by atomic mass is 9.45. The molecule has 1 saturated heterocycles. The first-order chi connectivity index (χ1) is 14.3. The third-order valence-electron chi connectivity index (χ3n) is 10.8. The summed E-state index contributed by atoms with van der Waals surface area (Å²) in [6, 6.07) is 0.720. The average molecular weight is 418 g/mol. The van der Waals surface area contributed by atoms with Gasteiger partial charge in [-0.2, -0.15) is 0 Å². The molecule has 1 heterocycles. The van der Waals surface area contributed by atoms with Gasteiger partial charge in [-0.25, -0.2) is 0 Å². The Morgan fingerprint density at radius 2 is 1.63 bits per heavy atom. The third-order valence-corrected chi connectivity index (χ3v) is 10.8. The molecule has 3 unspecified atom stereocenters. The van der Waals surface area contributed by atoms with Crippen molar-refractivity contribution in [3.05, 3.63) is 0 Å². The molecule has 4 aliphatic carbocycles. The summed E-state index contributed by atoms with van der Waals surface area (Å²) >= 11 is 0. The number of hydrogen-bond acceptors (Lipinski definition) is 4. The van der Waals surface area contributed by atoms with E-state index in [1.54, 1.807) is 0 Å². The normalized spacial score (nSPS) is 49.8. The molecule has 3 N–H and O–H groups in total. The van der Waals surface area contributed by atoms with Crippen LogP contribution in [-0.4, -0.2) is 65.7 Å². The summed E-state index contributed by atoms with van der Waals surface area (Å²) in [5.41, 5.74) is 6.34. The van der Waals surface area contributed by atoms with Gasteiger partial charge in [0.1, 0.15) is 0 Å². The standard InChI is InChI=1S/C25H43N3O2/c1-24-9-7-18(29)15-17(24)3-4-19-20-5-6-22(25(20,2)10-8-21(19)24)28-13-11-27(12-14-28)16-23(26)30/h17-22,29H,3-16H2,1-2H3,(H2,26,30)/t17-,18-,19?,20?,21?,22-,24-,25-/m0/s1. The molecule has 30 heavy (non-hydrogen) atoms. The second-order valence-corrected chi connectivity index (χ2v) is 12.0. The Kier molecular flexibility index (Phi) is 5.47. The highest BCUT2D eigenvalue weighted by atomic mass is 16.3. The molecule has 8 atom stereocenters. The minimum absolute atomic E-state index is 0.0439. The molecule has 0 aromatic rings. The van der Waals surface area contributed by atoms with E-state index in [4.69, 9.17) is 5.73 Å². The van der Waals surface area contributed by atoms with Crippen molar-refractivity contribution in [1.29, 1.82) is 0 Å². The molecule has 5 nitrogen and oxygen atoms in total. The summed E-state index contributed by atoms with van der Waals surface area (Å²) in [5.74, 6) is 3.22. The average Bonchev–Trinajstić information content (AvgIpc) is 3.06. The van der Waals surface area contributed by atoms with E-state index < -0.39 is 0 Å². The fraction of sp³-hybridized carbons (Fsp3) is 0.960. The van der Waals surface area contributed by atoms with Crippen molar-refractivity contribution in [1.82, 2.24) is 9.80 Å². The van der Waals surface area contributed by atoms with Crippen LogP contribution in [-0.2, 0) is 4.79 Å². The van der Waals surface area contributed by atoms with Gasteiger partial charge in [-0.3, -0.25) is 14.6 Å². The van der Waals surface area contributed by atoms with Crippen LogP contribution in [0.5, 0.6) is 0 Å². The van der Waals surface area contributed by atoms with E-state index in [1.807, 2.05) is 0 Å². The highest BCUT2D eigenvalue weighted by Crippen LogP contribution is 2.66. The van der Waals surface area contributed by atoms with Gasteiger partial charge in [-0.1, -0.05) is 13.8 Å². The van der Waals surface area contributed by atoms with E-state index in [-0.39, 0.29) is 12.0 Å². The Morgan fingerprint density at radius 3 is 2.37 bits per heavy atom. The molecular formula is C25H43N3O2. The molecule has 5 aliphatic rings. The molecule has 0 radical (unpaired) electrons. The zero-order valence-electron chi connectivity index (χ0n) is 19.2. The first kappa shape index (κ1) is 21.2. The van der Waals surface area contributed by atoms with Crippen molar-refractivity contribution in [3.63, 3.8) is 0 Å². The Balaban J connectivity index is 1.28. The molecular weight excluding hydrogens is 374 g/mol. The van der Waals surface area contributed by atoms with Gasteiger partial charge in [0.25, 0.3) is 0 Å². The molecule has 0 aromatic carbocycles. The van der Waals surface area contributed by atoms with Crippen molar-refractivity contribution < 1.29 is 9.90 Å². The minimum atomic E-state index is -0.200. The quantitative estimate of drug-likeness (QED) is 0.741. The summed E-state index contributed by atoms with van der Waals surface area (Å²) in [6.07, 6.45) is 11.6. The fourth-order valence-electron chi connectivity index (χ4n) is 9.26. The first-order valence-electron chi connectivity index (χ1n) is 12.7. The molecule has 1 amide bonds. The number of hydrogen-bond donors (Lipinski definition) is 2. The Labute approximate surface area is 182 Å². The number of carbonyl (C=O) groups excluding carboxylic acids is 1. The predicted molar refractivity (Wildman–Crippen MR) is 119 cm³/mol. The van der Waals surface area contributed by atoms with Gasteiger partial charge in [0.15, 0.2) is 0 Å². The van der Waals surface area contributed by atoms with Gasteiger partial charge < -0.3 is 10.8 Å². The number of primary amides is 1. The first-order valence-corrected chi connectivity index (χ1v) is 12.7. The predicted octanol–water partition coefficient (Wildman–Crippen LogP) is 2.86. The Hall–Kier alpha value is -0.650. The summed E-state index contributed by atoms with van der Waals surface area (Å²) in [7, 11) is 0. The maximum absolute atomic E-state index is 11.3. The van der Waals surface area contributed by atoms with E-state index in [1.165, 1.54) is 44.9 Å². The lowest BCUT2D eigenvalue weighted by molar-refractivity contribution is -0.130. The SMILES string of the molecule is C[C@]12CCC3C(CC[C@H]4C[C@@H](O)CC[C@]34C)C1CC[C@@H]2N1CCN(CC(N)=O)CC1. The molecule has 0 bridgehead atoms. The highest BCUT2D eigenvalue weighted by Gasteiger charge is 2.60. The van der Waals surface area contributed by atoms with Crippen molar-refractivity contribution in [2.75, 3.05) is 32.7 Å². The van der Waals surface area contributed by atoms with E-state index in [0.717, 1.165) is 68.7 Å². The summed E-state index contributed by atoms with van der Waals surface area (Å²) < 4.78 is 0. The summed E-state index contributed by atoms with van der Waals surface area (Å²) in [5, 5.41) is 10.3. The van der Waals surface area contributed by atoms with Crippen LogP contribution < -0.4 is 5.73 Å². The summed E-state index contributed by atoms with van der Waals surface area (Å²) in [6.45, 7) is 9.77. The molecule has 1 aliphatic heterocycles. The van der Waals surface area contributed by atoms with Crippen LogP contribution in [0.4, 0.5) is 0 Å². The maximum atomic E-state index is 11.3. The number of aliphatic hydroxyl groups excluding tert-OH is 1. The number of carbonyl (C=O) groups is 1. The third kappa shape index (κ3) is 3.34. The molecule has 5 fully saturated rings. The second-order valence-electron chi connectivity index (χ2n) is 12.0. The lowest BCUT2D eigenvalue weighted by Crippen LogP contribution is -2.58. The van der Waals surface area contributed by atoms with Gasteiger partial charge in [-0.15, -0.1) is 0 Å². The maximum Gasteiger partial charge on any atom is 0.231 e. The summed E-state index contributed by atoms with van der Waals surface area (Å²) in [4.78, 5) is 16.3. The number of rotatable bonds is 3. The Morgan fingerprint density at radius 1 is 0.933 bits per heavy atom. The zero-order valence-corrected chi connectivity index (χ0v) is 19.2. The number of aliphatic hydroxyl groups is 1. The van der Waals surface area contributed by atoms with Crippen molar-refractivity contribution in [3.8, 4) is 0 Å². The molecule has 170 valence electrons. The number of amides is 1. The van der Waals surface area contributed by atoms with Crippen molar-refractivity contribution in [2.24, 2.45) is 40.2 Å². The van der Waals surface area contributed by atoms with Gasteiger partial charge in [0, 0.05) is 32.2 Å². The Bertz CT molecular complexity index is 663. The molecule has 0 aromatic heterocycles. The molecule has 5 heteroatoms. The van der Waals surface area contributed by atoms with Crippen LogP contribution in [0.1, 0.15) is 71.6 Å². The number of fused-ring (bicyclic) bond motifs is 5. The van der Waals surface area contributed by atoms with E-state index in [9.17, 15) is 9.90 Å². The van der Waals surface area contributed by atoms with Crippen LogP contribution in [0.15, 0.2) is 0 Å². The topological polar surface area (TPSA) is 69.8 Å². The van der Waals surface area contributed by atoms with Crippen LogP contribution in [0.3, 0.4) is 0 Å². The van der Waals surface area contributed by atoms with E-state index >= 15 is 0 Å². The van der Waals surface area contributed by atoms with E-state index in [2.05, 4.69) is 23.6 Å². The number of nitrogens with zero attached hydrogens (tertiary/aromatic N) is 2. The van der Waals surface area contributed by atoms with Crippen molar-refractivity contribution >= 4 is 5.91 Å². The van der Waals surface area contributed by atoms with Crippen molar-refractivity contribution in [2.45, 2.75) is 83.8 Å². The molecule has 0 spiro atoms. The van der Waals surface area contributed by atoms with E-state index in [0.29, 0.717) is 17.4 Å². The zero-order chi connectivity index (χ0) is 21.1. The van der Waals surface area contributed by atoms with Gasteiger partial charge in [0.2, 0.25) is 5.91 Å². The van der Waals surface area contributed by atoms with Gasteiger partial charge in [-0.05, 0) is 92.3 Å².